The number of hydrogen-bond donors (Lipinski definition) is 1. The molecule has 0 spiro atoms. The number of nitrogens with zero attached hydrogens (tertiary/aromatic N) is 4. The number of aryl methyl sites for hydroxylation is 1. The van der Waals surface area contributed by atoms with Crippen molar-refractivity contribution in [3.63, 3.8) is 0 Å². The normalized spacial score (nSPS) is 18.6. The summed E-state index contributed by atoms with van der Waals surface area (Å²) in [5.74, 6) is 1.88. The van der Waals surface area contributed by atoms with Crippen LogP contribution in [0.3, 0.4) is 0 Å². The van der Waals surface area contributed by atoms with Crippen molar-refractivity contribution >= 4 is 21.7 Å². The van der Waals surface area contributed by atoms with E-state index in [1.165, 1.54) is 6.33 Å². The first kappa shape index (κ1) is 18.7. The number of piperidine rings is 1. The summed E-state index contributed by atoms with van der Waals surface area (Å²) in [5.41, 5.74) is 1.85. The van der Waals surface area contributed by atoms with E-state index in [1.54, 1.807) is 11.2 Å². The minimum atomic E-state index is -3.12. The average Bonchev–Trinajstić information content (AvgIpc) is 2.62. The van der Waals surface area contributed by atoms with Crippen LogP contribution in [0.4, 0.5) is 11.6 Å². The van der Waals surface area contributed by atoms with Crippen LogP contribution in [0.2, 0.25) is 0 Å². The molecule has 1 saturated heterocycles. The van der Waals surface area contributed by atoms with Crippen LogP contribution in [0.5, 0.6) is 0 Å². The number of rotatable bonds is 6. The summed E-state index contributed by atoms with van der Waals surface area (Å²) in [6, 6.07) is 7.69. The molecule has 3 rings (SSSR count). The standard InChI is InChI=1S/C18H25N5O2S/c1-3-26(24,25)23-9-5-7-15(12-23)10-16-11-18(20-13-19-16)22-17-8-4-6-14(2)21-17/h4,6,8,11,13,15H,3,5,7,9-10,12H2,1-2H3,(H,19,20,21,22). The first-order valence-electron chi connectivity index (χ1n) is 8.95. The Kier molecular flexibility index (Phi) is 5.83. The van der Waals surface area contributed by atoms with Gasteiger partial charge in [0.2, 0.25) is 10.0 Å². The Hall–Kier alpha value is -2.06. The second-order valence-corrected chi connectivity index (χ2v) is 8.91. The maximum atomic E-state index is 12.1. The molecule has 0 aromatic carbocycles. The first-order valence-corrected chi connectivity index (χ1v) is 10.6. The van der Waals surface area contributed by atoms with Crippen molar-refractivity contribution in [1.29, 1.82) is 0 Å². The lowest BCUT2D eigenvalue weighted by atomic mass is 9.94. The Balaban J connectivity index is 1.67. The predicted molar refractivity (Wildman–Crippen MR) is 102 cm³/mol. The highest BCUT2D eigenvalue weighted by molar-refractivity contribution is 7.89. The van der Waals surface area contributed by atoms with Gasteiger partial charge < -0.3 is 5.32 Å². The van der Waals surface area contributed by atoms with E-state index in [1.807, 2.05) is 31.2 Å². The zero-order valence-electron chi connectivity index (χ0n) is 15.2. The molecule has 0 radical (unpaired) electrons. The molecule has 26 heavy (non-hydrogen) atoms. The maximum absolute atomic E-state index is 12.1. The Labute approximate surface area is 154 Å². The second-order valence-electron chi connectivity index (χ2n) is 6.65. The molecule has 1 aliphatic rings. The third kappa shape index (κ3) is 4.76. The quantitative estimate of drug-likeness (QED) is 0.835. The molecule has 1 N–H and O–H groups in total. The lowest BCUT2D eigenvalue weighted by molar-refractivity contribution is 0.264. The summed E-state index contributed by atoms with van der Waals surface area (Å²) in [6.07, 6.45) is 4.19. The molecule has 3 heterocycles. The number of aromatic nitrogens is 3. The monoisotopic (exact) mass is 375 g/mol. The van der Waals surface area contributed by atoms with Gasteiger partial charge >= 0.3 is 0 Å². The van der Waals surface area contributed by atoms with E-state index < -0.39 is 10.0 Å². The van der Waals surface area contributed by atoms with Gasteiger partial charge in [0, 0.05) is 30.5 Å². The van der Waals surface area contributed by atoms with Gasteiger partial charge in [0.05, 0.1) is 5.75 Å². The lowest BCUT2D eigenvalue weighted by Gasteiger charge is -2.31. The van der Waals surface area contributed by atoms with Gasteiger partial charge in [0.25, 0.3) is 0 Å². The largest absolute Gasteiger partial charge is 0.325 e. The molecular formula is C18H25N5O2S. The summed E-state index contributed by atoms with van der Waals surface area (Å²) >= 11 is 0. The Morgan fingerprint density at radius 2 is 2.12 bits per heavy atom. The van der Waals surface area contributed by atoms with Gasteiger partial charge in [-0.25, -0.2) is 27.7 Å². The predicted octanol–water partition coefficient (Wildman–Crippen LogP) is 2.53. The molecule has 8 heteroatoms. The fourth-order valence-electron chi connectivity index (χ4n) is 3.25. The van der Waals surface area contributed by atoms with Gasteiger partial charge in [-0.1, -0.05) is 6.07 Å². The molecule has 0 saturated carbocycles. The van der Waals surface area contributed by atoms with E-state index in [4.69, 9.17) is 0 Å². The van der Waals surface area contributed by atoms with Gasteiger partial charge in [0.1, 0.15) is 18.0 Å². The van der Waals surface area contributed by atoms with E-state index >= 15 is 0 Å². The van der Waals surface area contributed by atoms with Crippen molar-refractivity contribution in [3.8, 4) is 0 Å². The van der Waals surface area contributed by atoms with Gasteiger partial charge in [0.15, 0.2) is 0 Å². The second kappa shape index (κ2) is 8.09. The number of pyridine rings is 1. The van der Waals surface area contributed by atoms with Crippen molar-refractivity contribution in [2.75, 3.05) is 24.2 Å². The fourth-order valence-corrected chi connectivity index (χ4v) is 4.46. The topological polar surface area (TPSA) is 88.1 Å². The zero-order valence-corrected chi connectivity index (χ0v) is 16.0. The van der Waals surface area contributed by atoms with Crippen molar-refractivity contribution in [2.24, 2.45) is 5.92 Å². The summed E-state index contributed by atoms with van der Waals surface area (Å²) in [5, 5.41) is 3.20. The van der Waals surface area contributed by atoms with Crippen molar-refractivity contribution in [1.82, 2.24) is 19.3 Å². The van der Waals surface area contributed by atoms with Crippen LogP contribution in [-0.2, 0) is 16.4 Å². The molecule has 0 aliphatic carbocycles. The lowest BCUT2D eigenvalue weighted by Crippen LogP contribution is -2.41. The molecule has 1 unspecified atom stereocenters. The molecule has 2 aromatic heterocycles. The molecular weight excluding hydrogens is 350 g/mol. The van der Waals surface area contributed by atoms with Gasteiger partial charge in [-0.3, -0.25) is 0 Å². The van der Waals surface area contributed by atoms with Crippen LogP contribution >= 0.6 is 0 Å². The Morgan fingerprint density at radius 1 is 1.27 bits per heavy atom. The number of sulfonamides is 1. The van der Waals surface area contributed by atoms with Crippen LogP contribution in [0.15, 0.2) is 30.6 Å². The fraction of sp³-hybridized carbons (Fsp3) is 0.500. The van der Waals surface area contributed by atoms with Crippen LogP contribution < -0.4 is 5.32 Å². The van der Waals surface area contributed by atoms with E-state index in [2.05, 4.69) is 20.3 Å². The van der Waals surface area contributed by atoms with Crippen LogP contribution in [-0.4, -0.2) is 46.5 Å². The summed E-state index contributed by atoms with van der Waals surface area (Å²) in [4.78, 5) is 13.0. The van der Waals surface area contributed by atoms with Crippen molar-refractivity contribution < 1.29 is 8.42 Å². The minimum Gasteiger partial charge on any atom is -0.325 e. The van der Waals surface area contributed by atoms with E-state index in [9.17, 15) is 8.42 Å². The molecule has 1 aliphatic heterocycles. The van der Waals surface area contributed by atoms with Crippen LogP contribution in [0, 0.1) is 12.8 Å². The molecule has 0 amide bonds. The van der Waals surface area contributed by atoms with E-state index in [0.29, 0.717) is 18.9 Å². The van der Waals surface area contributed by atoms with Crippen molar-refractivity contribution in [2.45, 2.75) is 33.1 Å². The highest BCUT2D eigenvalue weighted by atomic mass is 32.2. The van der Waals surface area contributed by atoms with Crippen LogP contribution in [0.25, 0.3) is 0 Å². The van der Waals surface area contributed by atoms with Gasteiger partial charge in [-0.2, -0.15) is 0 Å². The molecule has 1 atom stereocenters. The average molecular weight is 375 g/mol. The van der Waals surface area contributed by atoms with Crippen LogP contribution in [0.1, 0.15) is 31.2 Å². The third-order valence-electron chi connectivity index (χ3n) is 4.61. The number of anilines is 2. The number of nitrogens with one attached hydrogen (secondary N) is 1. The van der Waals surface area contributed by atoms with E-state index in [-0.39, 0.29) is 11.7 Å². The molecule has 1 fully saturated rings. The molecule has 2 aromatic rings. The Morgan fingerprint density at radius 3 is 2.88 bits per heavy atom. The molecule has 140 valence electrons. The van der Waals surface area contributed by atoms with E-state index in [0.717, 1.165) is 36.5 Å². The number of hydrogen-bond acceptors (Lipinski definition) is 6. The molecule has 0 bridgehead atoms. The van der Waals surface area contributed by atoms with Gasteiger partial charge in [-0.05, 0) is 51.2 Å². The summed E-state index contributed by atoms with van der Waals surface area (Å²) in [7, 11) is -3.12. The Bertz CT molecular complexity index is 856. The smallest absolute Gasteiger partial charge is 0.213 e. The van der Waals surface area contributed by atoms with Crippen molar-refractivity contribution in [3.05, 3.63) is 42.0 Å². The molecule has 7 nitrogen and oxygen atoms in total. The maximum Gasteiger partial charge on any atom is 0.213 e. The highest BCUT2D eigenvalue weighted by Gasteiger charge is 2.27. The highest BCUT2D eigenvalue weighted by Crippen LogP contribution is 2.23. The summed E-state index contributed by atoms with van der Waals surface area (Å²) in [6.45, 7) is 4.83. The zero-order chi connectivity index (χ0) is 18.6. The summed E-state index contributed by atoms with van der Waals surface area (Å²) < 4.78 is 25.9. The minimum absolute atomic E-state index is 0.158. The first-order chi connectivity index (χ1) is 12.5. The van der Waals surface area contributed by atoms with Gasteiger partial charge in [-0.15, -0.1) is 0 Å². The third-order valence-corrected chi connectivity index (χ3v) is 6.45. The SMILES string of the molecule is CCS(=O)(=O)N1CCCC(Cc2cc(Nc3cccc(C)n3)ncn2)C1.